The Hall–Kier alpha value is -1.02. The zero-order chi connectivity index (χ0) is 11.3. The molecule has 1 unspecified atom stereocenters. The highest BCUT2D eigenvalue weighted by Gasteiger charge is 2.14. The SMILES string of the molecule is CC(Cc1ccccc1)N(C)C(=O)CCl. The fraction of sp³-hybridized carbons (Fsp3) is 0.417. The van der Waals surface area contributed by atoms with E-state index in [1.54, 1.807) is 11.9 Å². The molecule has 82 valence electrons. The molecule has 1 amide bonds. The van der Waals surface area contributed by atoms with Gasteiger partial charge in [-0.05, 0) is 18.9 Å². The largest absolute Gasteiger partial charge is 0.342 e. The summed E-state index contributed by atoms with van der Waals surface area (Å²) in [6.07, 6.45) is 0.861. The smallest absolute Gasteiger partial charge is 0.237 e. The average molecular weight is 226 g/mol. The van der Waals surface area contributed by atoms with Gasteiger partial charge in [0.2, 0.25) is 5.91 Å². The van der Waals surface area contributed by atoms with E-state index in [-0.39, 0.29) is 17.8 Å². The highest BCUT2D eigenvalue weighted by atomic mass is 35.5. The summed E-state index contributed by atoms with van der Waals surface area (Å²) in [5.41, 5.74) is 1.24. The van der Waals surface area contributed by atoms with Crippen LogP contribution in [0.5, 0.6) is 0 Å². The van der Waals surface area contributed by atoms with Crippen molar-refractivity contribution < 1.29 is 4.79 Å². The van der Waals surface area contributed by atoms with E-state index in [4.69, 9.17) is 11.6 Å². The Morgan fingerprint density at radius 1 is 1.40 bits per heavy atom. The maximum absolute atomic E-state index is 11.3. The van der Waals surface area contributed by atoms with E-state index in [1.165, 1.54) is 5.56 Å². The van der Waals surface area contributed by atoms with E-state index in [0.717, 1.165) is 6.42 Å². The number of carbonyl (C=O) groups excluding carboxylic acids is 1. The van der Waals surface area contributed by atoms with Crippen molar-refractivity contribution in [1.29, 1.82) is 0 Å². The number of carbonyl (C=O) groups is 1. The van der Waals surface area contributed by atoms with Gasteiger partial charge in [0.05, 0.1) is 0 Å². The molecule has 1 aromatic carbocycles. The number of hydrogen-bond donors (Lipinski definition) is 0. The molecular formula is C12H16ClNO. The van der Waals surface area contributed by atoms with Gasteiger partial charge in [-0.25, -0.2) is 0 Å². The number of alkyl halides is 1. The van der Waals surface area contributed by atoms with E-state index in [9.17, 15) is 4.79 Å². The highest BCUT2D eigenvalue weighted by molar-refractivity contribution is 6.27. The first-order valence-corrected chi connectivity index (χ1v) is 5.54. The summed E-state index contributed by atoms with van der Waals surface area (Å²) in [6.45, 7) is 2.03. The minimum Gasteiger partial charge on any atom is -0.342 e. The Balaban J connectivity index is 2.56. The van der Waals surface area contributed by atoms with E-state index >= 15 is 0 Å². The van der Waals surface area contributed by atoms with Crippen molar-refractivity contribution in [3.8, 4) is 0 Å². The fourth-order valence-electron chi connectivity index (χ4n) is 1.43. The number of benzene rings is 1. The lowest BCUT2D eigenvalue weighted by Crippen LogP contribution is -2.37. The normalized spacial score (nSPS) is 12.2. The first kappa shape index (κ1) is 12.1. The van der Waals surface area contributed by atoms with E-state index in [0.29, 0.717) is 0 Å². The molecular weight excluding hydrogens is 210 g/mol. The topological polar surface area (TPSA) is 20.3 Å². The number of rotatable bonds is 4. The maximum Gasteiger partial charge on any atom is 0.237 e. The predicted molar refractivity (Wildman–Crippen MR) is 63.1 cm³/mol. The fourth-order valence-corrected chi connectivity index (χ4v) is 1.62. The van der Waals surface area contributed by atoms with Gasteiger partial charge in [0.25, 0.3) is 0 Å². The number of amides is 1. The van der Waals surface area contributed by atoms with Crippen molar-refractivity contribution in [3.05, 3.63) is 35.9 Å². The molecule has 0 N–H and O–H groups in total. The Bertz CT molecular complexity index is 313. The minimum absolute atomic E-state index is 0.0277. The molecule has 0 bridgehead atoms. The van der Waals surface area contributed by atoms with Crippen LogP contribution in [0.3, 0.4) is 0 Å². The molecule has 0 radical (unpaired) electrons. The zero-order valence-corrected chi connectivity index (χ0v) is 9.87. The second kappa shape index (κ2) is 5.76. The monoisotopic (exact) mass is 225 g/mol. The molecule has 0 fully saturated rings. The number of hydrogen-bond acceptors (Lipinski definition) is 1. The van der Waals surface area contributed by atoms with Crippen LogP contribution < -0.4 is 0 Å². The Kier molecular flexibility index (Phi) is 4.63. The Morgan fingerprint density at radius 2 is 2.00 bits per heavy atom. The van der Waals surface area contributed by atoms with Crippen LogP contribution in [0.2, 0.25) is 0 Å². The van der Waals surface area contributed by atoms with Gasteiger partial charge in [0.15, 0.2) is 0 Å². The third kappa shape index (κ3) is 3.56. The van der Waals surface area contributed by atoms with Gasteiger partial charge in [-0.3, -0.25) is 4.79 Å². The lowest BCUT2D eigenvalue weighted by atomic mass is 10.1. The van der Waals surface area contributed by atoms with Gasteiger partial charge in [-0.15, -0.1) is 11.6 Å². The van der Waals surface area contributed by atoms with Gasteiger partial charge in [0, 0.05) is 13.1 Å². The number of nitrogens with zero attached hydrogens (tertiary/aromatic N) is 1. The summed E-state index contributed by atoms with van der Waals surface area (Å²) in [5, 5.41) is 0. The lowest BCUT2D eigenvalue weighted by molar-refractivity contribution is -0.128. The number of likely N-dealkylation sites (N-methyl/N-ethyl adjacent to an activating group) is 1. The molecule has 0 aromatic heterocycles. The molecule has 0 saturated carbocycles. The van der Waals surface area contributed by atoms with Crippen molar-refractivity contribution >= 4 is 17.5 Å². The van der Waals surface area contributed by atoms with E-state index in [1.807, 2.05) is 25.1 Å². The van der Waals surface area contributed by atoms with Crippen molar-refractivity contribution in [2.24, 2.45) is 0 Å². The van der Waals surface area contributed by atoms with Crippen molar-refractivity contribution in [2.75, 3.05) is 12.9 Å². The molecule has 2 nitrogen and oxygen atoms in total. The third-order valence-corrected chi connectivity index (χ3v) is 2.77. The van der Waals surface area contributed by atoms with Crippen molar-refractivity contribution in [1.82, 2.24) is 4.90 Å². The summed E-state index contributed by atoms with van der Waals surface area (Å²) in [4.78, 5) is 13.0. The van der Waals surface area contributed by atoms with Gasteiger partial charge in [0.1, 0.15) is 5.88 Å². The average Bonchev–Trinajstić information content (AvgIpc) is 2.28. The van der Waals surface area contributed by atoms with Crippen molar-refractivity contribution in [3.63, 3.8) is 0 Å². The summed E-state index contributed by atoms with van der Waals surface area (Å²) >= 11 is 5.50. The third-order valence-electron chi connectivity index (χ3n) is 2.54. The lowest BCUT2D eigenvalue weighted by Gasteiger charge is -2.24. The van der Waals surface area contributed by atoms with Crippen LogP contribution in [-0.4, -0.2) is 29.8 Å². The van der Waals surface area contributed by atoms with Crippen LogP contribution in [0.1, 0.15) is 12.5 Å². The summed E-state index contributed by atoms with van der Waals surface area (Å²) in [5.74, 6) is 0.0235. The quantitative estimate of drug-likeness (QED) is 0.721. The molecule has 1 atom stereocenters. The molecule has 0 saturated heterocycles. The number of halogens is 1. The molecule has 3 heteroatoms. The minimum atomic E-state index is -0.0277. The second-order valence-corrected chi connectivity index (χ2v) is 3.94. The standard InChI is InChI=1S/C12H16ClNO/c1-10(14(2)12(15)9-13)8-11-6-4-3-5-7-11/h3-7,10H,8-9H2,1-2H3. The molecule has 1 rings (SSSR count). The molecule has 1 aromatic rings. The maximum atomic E-state index is 11.3. The first-order valence-electron chi connectivity index (χ1n) is 5.00. The van der Waals surface area contributed by atoms with Gasteiger partial charge in [-0.1, -0.05) is 30.3 Å². The van der Waals surface area contributed by atoms with Crippen LogP contribution in [-0.2, 0) is 11.2 Å². The van der Waals surface area contributed by atoms with E-state index in [2.05, 4.69) is 12.1 Å². The zero-order valence-electron chi connectivity index (χ0n) is 9.11. The molecule has 0 aliphatic carbocycles. The Morgan fingerprint density at radius 3 is 2.53 bits per heavy atom. The van der Waals surface area contributed by atoms with E-state index < -0.39 is 0 Å². The first-order chi connectivity index (χ1) is 7.15. The van der Waals surface area contributed by atoms with Gasteiger partial charge >= 0.3 is 0 Å². The van der Waals surface area contributed by atoms with Gasteiger partial charge < -0.3 is 4.90 Å². The second-order valence-electron chi connectivity index (χ2n) is 3.68. The summed E-state index contributed by atoms with van der Waals surface area (Å²) in [7, 11) is 1.79. The summed E-state index contributed by atoms with van der Waals surface area (Å²) in [6, 6.07) is 10.3. The molecule has 15 heavy (non-hydrogen) atoms. The van der Waals surface area contributed by atoms with Crippen LogP contribution >= 0.6 is 11.6 Å². The van der Waals surface area contributed by atoms with Crippen molar-refractivity contribution in [2.45, 2.75) is 19.4 Å². The molecule has 0 aliphatic heterocycles. The predicted octanol–water partition coefficient (Wildman–Crippen LogP) is 2.31. The Labute approximate surface area is 95.8 Å². The van der Waals surface area contributed by atoms with Crippen LogP contribution in [0.15, 0.2) is 30.3 Å². The van der Waals surface area contributed by atoms with Crippen LogP contribution in [0, 0.1) is 0 Å². The van der Waals surface area contributed by atoms with Gasteiger partial charge in [-0.2, -0.15) is 0 Å². The molecule has 0 aliphatic rings. The van der Waals surface area contributed by atoms with Crippen LogP contribution in [0.25, 0.3) is 0 Å². The van der Waals surface area contributed by atoms with Crippen LogP contribution in [0.4, 0.5) is 0 Å². The molecule has 0 spiro atoms. The molecule has 0 heterocycles. The summed E-state index contributed by atoms with van der Waals surface area (Å²) < 4.78 is 0. The highest BCUT2D eigenvalue weighted by Crippen LogP contribution is 2.07.